The Balaban J connectivity index is 1.29. The van der Waals surface area contributed by atoms with Gasteiger partial charge in [-0.05, 0) is 40.6 Å². The molecule has 0 bridgehead atoms. The molecule has 3 aromatic carbocycles. The molecular formula is C28H18BrN3O2S. The van der Waals surface area contributed by atoms with Gasteiger partial charge in [0.15, 0.2) is 5.13 Å². The zero-order valence-corrected chi connectivity index (χ0v) is 20.8. The van der Waals surface area contributed by atoms with Crippen molar-refractivity contribution in [2.45, 2.75) is 6.42 Å². The number of hydrogen-bond acceptors (Lipinski definition) is 5. The molecule has 0 aliphatic heterocycles. The molecule has 1 amide bonds. The van der Waals surface area contributed by atoms with Gasteiger partial charge in [-0.3, -0.25) is 10.1 Å². The first-order chi connectivity index (χ1) is 17.1. The zero-order chi connectivity index (χ0) is 24.2. The molecule has 0 fully saturated rings. The van der Waals surface area contributed by atoms with Gasteiger partial charge in [0.1, 0.15) is 23.2 Å². The number of nitriles is 1. The van der Waals surface area contributed by atoms with Crippen LogP contribution in [0, 0.1) is 11.3 Å². The summed E-state index contributed by atoms with van der Waals surface area (Å²) < 4.78 is 6.78. The summed E-state index contributed by atoms with van der Waals surface area (Å²) in [4.78, 5) is 18.1. The zero-order valence-electron chi connectivity index (χ0n) is 18.4. The Bertz CT molecular complexity index is 1590. The highest BCUT2D eigenvalue weighted by Gasteiger charge is 2.14. The van der Waals surface area contributed by atoms with E-state index in [0.717, 1.165) is 14.9 Å². The van der Waals surface area contributed by atoms with Gasteiger partial charge in [-0.25, -0.2) is 4.98 Å². The number of halogens is 1. The number of hydrogen-bond donors (Lipinski definition) is 1. The van der Waals surface area contributed by atoms with E-state index in [9.17, 15) is 10.1 Å². The van der Waals surface area contributed by atoms with Crippen LogP contribution in [-0.4, -0.2) is 10.9 Å². The number of anilines is 1. The van der Waals surface area contributed by atoms with Crippen LogP contribution in [0.4, 0.5) is 5.13 Å². The lowest BCUT2D eigenvalue weighted by Gasteiger charge is -2.04. The molecule has 35 heavy (non-hydrogen) atoms. The third-order valence-electron chi connectivity index (χ3n) is 5.43. The fourth-order valence-electron chi connectivity index (χ4n) is 3.74. The van der Waals surface area contributed by atoms with Crippen molar-refractivity contribution in [1.29, 1.82) is 5.26 Å². The molecule has 0 unspecified atom stereocenters. The number of benzene rings is 3. The first-order valence-corrected chi connectivity index (χ1v) is 12.4. The molecule has 5 aromatic rings. The fourth-order valence-corrected chi connectivity index (χ4v) is 4.83. The van der Waals surface area contributed by atoms with Gasteiger partial charge in [-0.2, -0.15) is 5.26 Å². The number of rotatable bonds is 6. The van der Waals surface area contributed by atoms with E-state index in [4.69, 9.17) is 4.42 Å². The normalized spacial score (nSPS) is 11.4. The second-order valence-electron chi connectivity index (χ2n) is 7.78. The van der Waals surface area contributed by atoms with Gasteiger partial charge in [-0.1, -0.05) is 70.5 Å². The van der Waals surface area contributed by atoms with Crippen molar-refractivity contribution in [2.75, 3.05) is 5.32 Å². The van der Waals surface area contributed by atoms with E-state index in [-0.39, 0.29) is 5.57 Å². The lowest BCUT2D eigenvalue weighted by molar-refractivity contribution is -0.112. The summed E-state index contributed by atoms with van der Waals surface area (Å²) >= 11 is 4.81. The topological polar surface area (TPSA) is 78.9 Å². The van der Waals surface area contributed by atoms with Crippen molar-refractivity contribution >= 4 is 55.2 Å². The SMILES string of the molecule is N#CC(=Cc1ccc(-c2ccc(Br)cc2)o1)C(=O)Nc1ncc(Cc2cccc3ccccc23)s1. The predicted octanol–water partition coefficient (Wildman–Crippen LogP) is 7.46. The molecule has 170 valence electrons. The largest absolute Gasteiger partial charge is 0.457 e. The molecule has 0 saturated carbocycles. The fraction of sp³-hybridized carbons (Fsp3) is 0.0357. The smallest absolute Gasteiger partial charge is 0.268 e. The second kappa shape index (κ2) is 10.1. The number of carbonyl (C=O) groups excluding carboxylic acids is 1. The van der Waals surface area contributed by atoms with Crippen LogP contribution in [0.15, 0.2) is 99.5 Å². The quantitative estimate of drug-likeness (QED) is 0.179. The Labute approximate surface area is 214 Å². The van der Waals surface area contributed by atoms with Crippen molar-refractivity contribution in [3.63, 3.8) is 0 Å². The van der Waals surface area contributed by atoms with E-state index < -0.39 is 5.91 Å². The van der Waals surface area contributed by atoms with E-state index >= 15 is 0 Å². The van der Waals surface area contributed by atoms with E-state index in [1.165, 1.54) is 33.7 Å². The van der Waals surface area contributed by atoms with Crippen LogP contribution in [0.3, 0.4) is 0 Å². The van der Waals surface area contributed by atoms with Crippen LogP contribution < -0.4 is 5.32 Å². The van der Waals surface area contributed by atoms with Gasteiger partial charge in [0.2, 0.25) is 0 Å². The van der Waals surface area contributed by atoms with Crippen LogP contribution in [0.5, 0.6) is 0 Å². The summed E-state index contributed by atoms with van der Waals surface area (Å²) in [6, 6.07) is 27.7. The lowest BCUT2D eigenvalue weighted by Crippen LogP contribution is -2.13. The number of thiazole rings is 1. The first kappa shape index (κ1) is 22.8. The summed E-state index contributed by atoms with van der Waals surface area (Å²) in [7, 11) is 0. The summed E-state index contributed by atoms with van der Waals surface area (Å²) in [6.45, 7) is 0. The van der Waals surface area contributed by atoms with Crippen molar-refractivity contribution in [1.82, 2.24) is 4.98 Å². The van der Waals surface area contributed by atoms with Gasteiger partial charge < -0.3 is 4.42 Å². The molecule has 2 aromatic heterocycles. The highest BCUT2D eigenvalue weighted by atomic mass is 79.9. The van der Waals surface area contributed by atoms with Crippen LogP contribution in [-0.2, 0) is 11.2 Å². The molecule has 0 spiro atoms. The van der Waals surface area contributed by atoms with Crippen molar-refractivity contribution < 1.29 is 9.21 Å². The number of furan rings is 1. The maximum Gasteiger partial charge on any atom is 0.268 e. The molecule has 5 nitrogen and oxygen atoms in total. The molecule has 0 saturated heterocycles. The highest BCUT2D eigenvalue weighted by molar-refractivity contribution is 9.10. The number of aromatic nitrogens is 1. The van der Waals surface area contributed by atoms with Gasteiger partial charge in [0.05, 0.1) is 0 Å². The summed E-state index contributed by atoms with van der Waals surface area (Å²) in [5.74, 6) is 0.546. The molecule has 1 N–H and O–H groups in total. The van der Waals surface area contributed by atoms with Crippen molar-refractivity contribution in [2.24, 2.45) is 0 Å². The molecule has 0 aliphatic rings. The minimum Gasteiger partial charge on any atom is -0.457 e. The van der Waals surface area contributed by atoms with E-state index in [1.54, 1.807) is 12.3 Å². The molecule has 5 rings (SSSR count). The Kier molecular flexibility index (Phi) is 6.57. The molecule has 2 heterocycles. The molecule has 7 heteroatoms. The number of nitrogens with one attached hydrogen (secondary N) is 1. The predicted molar refractivity (Wildman–Crippen MR) is 143 cm³/mol. The minimum absolute atomic E-state index is 0.0625. The second-order valence-corrected chi connectivity index (χ2v) is 9.81. The average molecular weight is 540 g/mol. The maximum absolute atomic E-state index is 12.7. The molecule has 0 radical (unpaired) electrons. The van der Waals surface area contributed by atoms with E-state index in [0.29, 0.717) is 23.1 Å². The lowest BCUT2D eigenvalue weighted by atomic mass is 10.0. The maximum atomic E-state index is 12.7. The minimum atomic E-state index is -0.528. The van der Waals surface area contributed by atoms with Gasteiger partial charge in [-0.15, -0.1) is 11.3 Å². The summed E-state index contributed by atoms with van der Waals surface area (Å²) in [6.07, 6.45) is 3.90. The number of carbonyl (C=O) groups is 1. The van der Waals surface area contributed by atoms with E-state index in [1.807, 2.05) is 54.6 Å². The van der Waals surface area contributed by atoms with Crippen molar-refractivity contribution in [3.05, 3.63) is 111 Å². The summed E-state index contributed by atoms with van der Waals surface area (Å²) in [5.41, 5.74) is 2.03. The Morgan fingerprint density at radius 3 is 2.69 bits per heavy atom. The average Bonchev–Trinajstić information content (AvgIpc) is 3.53. The van der Waals surface area contributed by atoms with Gasteiger partial charge in [0, 0.05) is 33.6 Å². The van der Waals surface area contributed by atoms with Gasteiger partial charge >= 0.3 is 0 Å². The Hall–Kier alpha value is -3.99. The highest BCUT2D eigenvalue weighted by Crippen LogP contribution is 2.27. The summed E-state index contributed by atoms with van der Waals surface area (Å²) in [5, 5.41) is 15.1. The van der Waals surface area contributed by atoms with Crippen molar-refractivity contribution in [3.8, 4) is 17.4 Å². The Morgan fingerprint density at radius 2 is 1.86 bits per heavy atom. The van der Waals surface area contributed by atoms with E-state index in [2.05, 4.69) is 50.5 Å². The monoisotopic (exact) mass is 539 g/mol. The third kappa shape index (κ3) is 5.24. The third-order valence-corrected chi connectivity index (χ3v) is 6.87. The number of nitrogens with zero attached hydrogens (tertiary/aromatic N) is 2. The van der Waals surface area contributed by atoms with Gasteiger partial charge in [0.25, 0.3) is 5.91 Å². The van der Waals surface area contributed by atoms with Crippen LogP contribution in [0.25, 0.3) is 28.2 Å². The number of fused-ring (bicyclic) bond motifs is 1. The molecule has 0 atom stereocenters. The Morgan fingerprint density at radius 1 is 1.06 bits per heavy atom. The molecular weight excluding hydrogens is 522 g/mol. The van der Waals surface area contributed by atoms with Crippen LogP contribution in [0.2, 0.25) is 0 Å². The van der Waals surface area contributed by atoms with Crippen LogP contribution >= 0.6 is 27.3 Å². The molecule has 0 aliphatic carbocycles. The van der Waals surface area contributed by atoms with Crippen LogP contribution in [0.1, 0.15) is 16.2 Å². The standard InChI is InChI=1S/C28H18BrN3O2S/c29-22-10-8-19(9-11-22)26-13-12-23(34-26)14-21(16-30)27(33)32-28-31-17-24(35-28)15-20-6-3-5-18-4-1-2-7-25(18)20/h1-14,17H,15H2,(H,31,32,33). The first-order valence-electron chi connectivity index (χ1n) is 10.8. The number of amides is 1.